The molecule has 1 aliphatic heterocycles. The maximum Gasteiger partial charge on any atom is 0.328 e. The average molecular weight is 272 g/mol. The van der Waals surface area contributed by atoms with Gasteiger partial charge in [0.05, 0.1) is 12.7 Å². The number of carbonyl (C=O) groups is 1. The second kappa shape index (κ2) is 6.68. The van der Waals surface area contributed by atoms with Gasteiger partial charge in [0.1, 0.15) is 0 Å². The Bertz CT molecular complexity index is 327. The second-order valence-electron chi connectivity index (χ2n) is 5.42. The van der Waals surface area contributed by atoms with Crippen LogP contribution in [0.3, 0.4) is 0 Å². The van der Waals surface area contributed by atoms with Crippen LogP contribution in [0.2, 0.25) is 0 Å². The van der Waals surface area contributed by atoms with E-state index in [1.807, 2.05) is 6.92 Å². The molecule has 18 heavy (non-hydrogen) atoms. The number of carboxylic acid groups (broad SMARTS) is 1. The number of aliphatic carboxylic acids is 1. The van der Waals surface area contributed by atoms with Gasteiger partial charge in [0.15, 0.2) is 0 Å². The zero-order valence-corrected chi connectivity index (χ0v) is 12.9. The normalized spacial score (nSPS) is 35.3. The van der Waals surface area contributed by atoms with Crippen LogP contribution < -0.4 is 0 Å². The van der Waals surface area contributed by atoms with Crippen LogP contribution >= 0.6 is 9.24 Å². The third-order valence-corrected chi connectivity index (χ3v) is 5.41. The van der Waals surface area contributed by atoms with Crippen LogP contribution in [0.15, 0.2) is 11.6 Å². The van der Waals surface area contributed by atoms with Crippen molar-refractivity contribution in [3.05, 3.63) is 11.6 Å². The molecule has 1 rings (SSSR count). The van der Waals surface area contributed by atoms with E-state index in [0.717, 1.165) is 18.6 Å². The molecule has 1 fully saturated rings. The summed E-state index contributed by atoms with van der Waals surface area (Å²) in [7, 11) is 2.95. The van der Waals surface area contributed by atoms with Crippen LogP contribution in [0, 0.1) is 17.8 Å². The molecular formula is C14H25O3P. The molecule has 6 atom stereocenters. The van der Waals surface area contributed by atoms with Crippen molar-refractivity contribution in [2.24, 2.45) is 17.8 Å². The minimum atomic E-state index is -0.878. The molecule has 0 aromatic heterocycles. The Kier molecular flexibility index (Phi) is 5.81. The molecule has 0 aromatic carbocycles. The Morgan fingerprint density at radius 2 is 2.22 bits per heavy atom. The summed E-state index contributed by atoms with van der Waals surface area (Å²) in [5.41, 5.74) is 1.43. The molecule has 0 aromatic rings. The molecular weight excluding hydrogens is 247 g/mol. The van der Waals surface area contributed by atoms with Crippen molar-refractivity contribution in [3.8, 4) is 0 Å². The van der Waals surface area contributed by atoms with Crippen molar-refractivity contribution in [1.82, 2.24) is 0 Å². The number of rotatable bonds is 4. The van der Waals surface area contributed by atoms with E-state index in [1.165, 1.54) is 6.08 Å². The van der Waals surface area contributed by atoms with E-state index >= 15 is 0 Å². The third-order valence-electron chi connectivity index (χ3n) is 4.26. The van der Waals surface area contributed by atoms with E-state index in [0.29, 0.717) is 17.5 Å². The Balaban J connectivity index is 2.76. The Morgan fingerprint density at radius 3 is 2.72 bits per heavy atom. The molecule has 1 saturated heterocycles. The molecule has 0 amide bonds. The molecule has 1 heterocycles. The lowest BCUT2D eigenvalue weighted by Crippen LogP contribution is -2.44. The molecule has 0 bridgehead atoms. The quantitative estimate of drug-likeness (QED) is 0.632. The number of hydrogen-bond acceptors (Lipinski definition) is 2. The van der Waals surface area contributed by atoms with Crippen molar-refractivity contribution in [3.63, 3.8) is 0 Å². The van der Waals surface area contributed by atoms with Gasteiger partial charge in [-0.05, 0) is 24.4 Å². The minimum Gasteiger partial charge on any atom is -0.478 e. The first-order valence-corrected chi connectivity index (χ1v) is 7.33. The summed E-state index contributed by atoms with van der Waals surface area (Å²) in [6.45, 7) is 9.11. The van der Waals surface area contributed by atoms with E-state index in [4.69, 9.17) is 9.84 Å². The summed E-state index contributed by atoms with van der Waals surface area (Å²) in [5, 5.41) is 8.81. The summed E-state index contributed by atoms with van der Waals surface area (Å²) < 4.78 is 5.98. The topological polar surface area (TPSA) is 46.5 Å². The Hall–Kier alpha value is -0.400. The molecule has 3 nitrogen and oxygen atoms in total. The highest BCUT2D eigenvalue weighted by Crippen LogP contribution is 2.37. The van der Waals surface area contributed by atoms with Crippen LogP contribution in [-0.2, 0) is 9.53 Å². The second-order valence-corrected chi connectivity index (χ2v) is 6.19. The van der Waals surface area contributed by atoms with Crippen LogP contribution in [0.4, 0.5) is 0 Å². The van der Waals surface area contributed by atoms with E-state index < -0.39 is 5.97 Å². The number of ether oxygens (including phenoxy) is 1. The standard InChI is InChI=1S/C14H25O3P/c1-5-11-7-17-13(10(4)14(11)18)9(3)8(2)6-12(15)16/h6,9-11,13-14H,5,7,18H2,1-4H3,(H,15,16)/b8-6+/t9?,10-,11-,13-,14?/m0/s1. The molecule has 4 heteroatoms. The lowest BCUT2D eigenvalue weighted by Gasteiger charge is -2.42. The Labute approximate surface area is 112 Å². The van der Waals surface area contributed by atoms with Gasteiger partial charge in [0.25, 0.3) is 0 Å². The molecule has 0 aliphatic carbocycles. The lowest BCUT2D eigenvalue weighted by molar-refractivity contribution is -0.131. The van der Waals surface area contributed by atoms with Gasteiger partial charge in [0, 0.05) is 12.0 Å². The van der Waals surface area contributed by atoms with Crippen LogP contribution in [-0.4, -0.2) is 29.4 Å². The summed E-state index contributed by atoms with van der Waals surface area (Å²) in [5.74, 6) is 0.298. The summed E-state index contributed by atoms with van der Waals surface area (Å²) in [6.07, 6.45) is 2.54. The third kappa shape index (κ3) is 3.55. The molecule has 0 radical (unpaired) electrons. The zero-order chi connectivity index (χ0) is 13.9. The van der Waals surface area contributed by atoms with Crippen LogP contribution in [0.5, 0.6) is 0 Å². The molecule has 0 saturated carbocycles. The first-order chi connectivity index (χ1) is 8.38. The highest BCUT2D eigenvalue weighted by molar-refractivity contribution is 7.17. The van der Waals surface area contributed by atoms with Crippen molar-refractivity contribution in [2.45, 2.75) is 45.9 Å². The monoisotopic (exact) mass is 272 g/mol. The van der Waals surface area contributed by atoms with Crippen molar-refractivity contribution < 1.29 is 14.6 Å². The highest BCUT2D eigenvalue weighted by atomic mass is 31.0. The van der Waals surface area contributed by atoms with Gasteiger partial charge >= 0.3 is 5.97 Å². The lowest BCUT2D eigenvalue weighted by atomic mass is 9.80. The van der Waals surface area contributed by atoms with Gasteiger partial charge in [-0.25, -0.2) is 4.79 Å². The maximum absolute atomic E-state index is 10.7. The summed E-state index contributed by atoms with van der Waals surface area (Å²) >= 11 is 0. The van der Waals surface area contributed by atoms with Gasteiger partial charge in [0.2, 0.25) is 0 Å². The van der Waals surface area contributed by atoms with Gasteiger partial charge in [-0.1, -0.05) is 32.8 Å². The van der Waals surface area contributed by atoms with Crippen molar-refractivity contribution >= 4 is 15.2 Å². The van der Waals surface area contributed by atoms with E-state index in [9.17, 15) is 4.79 Å². The Morgan fingerprint density at radius 1 is 1.61 bits per heavy atom. The molecule has 104 valence electrons. The van der Waals surface area contributed by atoms with E-state index in [1.54, 1.807) is 0 Å². The van der Waals surface area contributed by atoms with Crippen LogP contribution in [0.25, 0.3) is 0 Å². The fourth-order valence-corrected chi connectivity index (χ4v) is 3.32. The van der Waals surface area contributed by atoms with Crippen LogP contribution in [0.1, 0.15) is 34.1 Å². The van der Waals surface area contributed by atoms with Gasteiger partial charge in [-0.2, -0.15) is 0 Å². The predicted octanol–water partition coefficient (Wildman–Crippen LogP) is 2.96. The maximum atomic E-state index is 10.7. The number of carboxylic acids is 1. The molecule has 3 unspecified atom stereocenters. The largest absolute Gasteiger partial charge is 0.478 e. The summed E-state index contributed by atoms with van der Waals surface area (Å²) in [6, 6.07) is 0. The van der Waals surface area contributed by atoms with Gasteiger partial charge in [-0.3, -0.25) is 0 Å². The van der Waals surface area contributed by atoms with Gasteiger partial charge < -0.3 is 9.84 Å². The first-order valence-electron chi connectivity index (χ1n) is 6.66. The highest BCUT2D eigenvalue weighted by Gasteiger charge is 2.37. The van der Waals surface area contributed by atoms with E-state index in [-0.39, 0.29) is 12.0 Å². The first kappa shape index (κ1) is 15.7. The molecule has 1 aliphatic rings. The SMILES string of the molecule is CC[C@H]1CO[C@@H](C(C)/C(C)=C/C(=O)O)[C@H](C)C1P. The van der Waals surface area contributed by atoms with Gasteiger partial charge in [-0.15, -0.1) is 9.24 Å². The fourth-order valence-electron chi connectivity index (χ4n) is 2.72. The predicted molar refractivity (Wildman–Crippen MR) is 76.7 cm³/mol. The molecule has 0 spiro atoms. The fraction of sp³-hybridized carbons (Fsp3) is 0.786. The van der Waals surface area contributed by atoms with E-state index in [2.05, 4.69) is 30.0 Å². The minimum absolute atomic E-state index is 0.117. The zero-order valence-electron chi connectivity index (χ0n) is 11.7. The number of hydrogen-bond donors (Lipinski definition) is 1. The smallest absolute Gasteiger partial charge is 0.328 e. The molecule has 1 N–H and O–H groups in total. The summed E-state index contributed by atoms with van der Waals surface area (Å²) in [4.78, 5) is 10.7. The van der Waals surface area contributed by atoms with Crippen molar-refractivity contribution in [2.75, 3.05) is 6.61 Å². The van der Waals surface area contributed by atoms with Crippen molar-refractivity contribution in [1.29, 1.82) is 0 Å². The average Bonchev–Trinajstić information content (AvgIpc) is 2.31.